The van der Waals surface area contributed by atoms with Gasteiger partial charge in [-0.15, -0.1) is 0 Å². The van der Waals surface area contributed by atoms with Gasteiger partial charge < -0.3 is 9.84 Å². The molecule has 1 fully saturated rings. The van der Waals surface area contributed by atoms with E-state index in [1.54, 1.807) is 19.1 Å². The normalized spacial score (nSPS) is 24.0. The van der Waals surface area contributed by atoms with Crippen molar-refractivity contribution in [1.29, 1.82) is 0 Å². The largest absolute Gasteiger partial charge is 0.393 e. The third kappa shape index (κ3) is 2.73. The van der Waals surface area contributed by atoms with Crippen molar-refractivity contribution in [2.24, 2.45) is 0 Å². The molecule has 2 aromatic rings. The average molecular weight is 320 g/mol. The van der Waals surface area contributed by atoms with E-state index in [9.17, 15) is 19.1 Å². The Labute approximate surface area is 131 Å². The van der Waals surface area contributed by atoms with E-state index in [0.717, 1.165) is 0 Å². The summed E-state index contributed by atoms with van der Waals surface area (Å²) in [5.74, 6) is -0.371. The Morgan fingerprint density at radius 2 is 2.09 bits per heavy atom. The van der Waals surface area contributed by atoms with Gasteiger partial charge in [0.05, 0.1) is 6.61 Å². The molecule has 0 bridgehead atoms. The summed E-state index contributed by atoms with van der Waals surface area (Å²) in [7, 11) is 0. The van der Waals surface area contributed by atoms with E-state index >= 15 is 0 Å². The maximum absolute atomic E-state index is 13.1. The highest BCUT2D eigenvalue weighted by atomic mass is 19.1. The second kappa shape index (κ2) is 5.75. The van der Waals surface area contributed by atoms with E-state index in [1.807, 2.05) is 0 Å². The summed E-state index contributed by atoms with van der Waals surface area (Å²) >= 11 is 0. The number of aromatic nitrogens is 2. The van der Waals surface area contributed by atoms with Crippen molar-refractivity contribution >= 4 is 0 Å². The first-order valence-corrected chi connectivity index (χ1v) is 7.32. The minimum Gasteiger partial charge on any atom is -0.393 e. The summed E-state index contributed by atoms with van der Waals surface area (Å²) in [5, 5.41) is 9.81. The van der Waals surface area contributed by atoms with E-state index in [2.05, 4.69) is 4.98 Å². The van der Waals surface area contributed by atoms with Crippen LogP contribution in [-0.2, 0) is 10.3 Å². The molecule has 0 amide bonds. The summed E-state index contributed by atoms with van der Waals surface area (Å²) in [6.07, 6.45) is 1.81. The van der Waals surface area contributed by atoms with Gasteiger partial charge in [-0.05, 0) is 37.5 Å². The van der Waals surface area contributed by atoms with Crippen molar-refractivity contribution in [3.05, 3.63) is 68.2 Å². The Morgan fingerprint density at radius 3 is 2.74 bits per heavy atom. The maximum Gasteiger partial charge on any atom is 0.330 e. The third-order valence-electron chi connectivity index (χ3n) is 4.24. The van der Waals surface area contributed by atoms with E-state index in [0.29, 0.717) is 24.0 Å². The fraction of sp³-hybridized carbons (Fsp3) is 0.375. The van der Waals surface area contributed by atoms with Crippen LogP contribution in [-0.4, -0.2) is 21.3 Å². The Bertz CT molecular complexity index is 827. The van der Waals surface area contributed by atoms with Gasteiger partial charge in [0.25, 0.3) is 5.56 Å². The molecular formula is C16H17FN2O4. The average Bonchev–Trinajstić information content (AvgIpc) is 2.97. The van der Waals surface area contributed by atoms with Crippen LogP contribution in [0.5, 0.6) is 0 Å². The van der Waals surface area contributed by atoms with Gasteiger partial charge in [0.15, 0.2) is 0 Å². The monoisotopic (exact) mass is 320 g/mol. The number of hydrogen-bond donors (Lipinski definition) is 2. The minimum absolute atomic E-state index is 0.285. The number of nitrogens with zero attached hydrogens (tertiary/aromatic N) is 1. The van der Waals surface area contributed by atoms with Crippen LogP contribution in [0, 0.1) is 12.7 Å². The highest BCUT2D eigenvalue weighted by Gasteiger charge is 2.42. The number of aromatic amines is 1. The zero-order valence-electron chi connectivity index (χ0n) is 12.6. The Morgan fingerprint density at radius 1 is 1.39 bits per heavy atom. The van der Waals surface area contributed by atoms with Crippen LogP contribution in [0.2, 0.25) is 0 Å². The molecule has 0 aliphatic carbocycles. The van der Waals surface area contributed by atoms with Gasteiger partial charge >= 0.3 is 5.69 Å². The molecular weight excluding hydrogens is 303 g/mol. The van der Waals surface area contributed by atoms with E-state index in [-0.39, 0.29) is 12.4 Å². The molecule has 1 aliphatic heterocycles. The predicted molar refractivity (Wildman–Crippen MR) is 80.6 cm³/mol. The molecule has 1 saturated heterocycles. The number of benzene rings is 1. The molecule has 2 N–H and O–H groups in total. The lowest BCUT2D eigenvalue weighted by Crippen LogP contribution is -2.35. The number of nitrogens with one attached hydrogen (secondary N) is 1. The van der Waals surface area contributed by atoms with Crippen LogP contribution >= 0.6 is 0 Å². The molecule has 122 valence electrons. The fourth-order valence-electron chi connectivity index (χ4n) is 2.90. The van der Waals surface area contributed by atoms with Crippen LogP contribution in [0.3, 0.4) is 0 Å². The highest BCUT2D eigenvalue weighted by molar-refractivity contribution is 5.24. The number of ether oxygens (including phenoxy) is 1. The molecule has 7 heteroatoms. The lowest BCUT2D eigenvalue weighted by molar-refractivity contribution is -0.104. The van der Waals surface area contributed by atoms with E-state index < -0.39 is 23.1 Å². The van der Waals surface area contributed by atoms with Gasteiger partial charge in [-0.3, -0.25) is 14.3 Å². The van der Waals surface area contributed by atoms with Gasteiger partial charge in [0.2, 0.25) is 0 Å². The summed E-state index contributed by atoms with van der Waals surface area (Å²) in [6.45, 7) is 1.31. The number of aliphatic hydroxyl groups excluding tert-OH is 1. The summed E-state index contributed by atoms with van der Waals surface area (Å²) in [4.78, 5) is 25.7. The van der Waals surface area contributed by atoms with Crippen molar-refractivity contribution in [3.8, 4) is 0 Å². The molecule has 0 unspecified atom stereocenters. The first-order chi connectivity index (χ1) is 10.9. The van der Waals surface area contributed by atoms with Crippen molar-refractivity contribution in [1.82, 2.24) is 9.55 Å². The lowest BCUT2D eigenvalue weighted by atomic mass is 9.92. The lowest BCUT2D eigenvalue weighted by Gasteiger charge is -2.28. The maximum atomic E-state index is 13.1. The second-order valence-electron chi connectivity index (χ2n) is 5.75. The predicted octanol–water partition coefficient (Wildman–Crippen LogP) is 1.18. The van der Waals surface area contributed by atoms with Gasteiger partial charge in [-0.2, -0.15) is 0 Å². The molecule has 2 heterocycles. The number of aryl methyl sites for hydroxylation is 1. The molecule has 1 aliphatic rings. The summed E-state index contributed by atoms with van der Waals surface area (Å²) < 4.78 is 20.4. The van der Waals surface area contributed by atoms with Crippen LogP contribution in [0.1, 0.15) is 30.2 Å². The quantitative estimate of drug-likeness (QED) is 0.889. The van der Waals surface area contributed by atoms with Gasteiger partial charge in [0, 0.05) is 11.8 Å². The molecule has 2 atom stereocenters. The molecule has 0 saturated carbocycles. The van der Waals surface area contributed by atoms with Crippen LogP contribution in [0.4, 0.5) is 4.39 Å². The van der Waals surface area contributed by atoms with Gasteiger partial charge in [-0.1, -0.05) is 12.1 Å². The van der Waals surface area contributed by atoms with Crippen molar-refractivity contribution in [2.75, 3.05) is 6.61 Å². The zero-order valence-corrected chi connectivity index (χ0v) is 12.6. The SMILES string of the molecule is Cc1cn([C@@H]2CC[C@](CO)(c3ccc(F)cc3)O2)c(=O)[nH]c1=O. The highest BCUT2D eigenvalue weighted by Crippen LogP contribution is 2.42. The molecule has 1 aromatic carbocycles. The number of hydrogen-bond acceptors (Lipinski definition) is 4. The third-order valence-corrected chi connectivity index (χ3v) is 4.24. The molecule has 0 radical (unpaired) electrons. The van der Waals surface area contributed by atoms with Crippen LogP contribution in [0.15, 0.2) is 40.1 Å². The number of rotatable bonds is 3. The van der Waals surface area contributed by atoms with Gasteiger partial charge in [0.1, 0.15) is 17.6 Å². The molecule has 3 rings (SSSR count). The first-order valence-electron chi connectivity index (χ1n) is 7.32. The number of halogens is 1. The number of aliphatic hydroxyl groups is 1. The van der Waals surface area contributed by atoms with Crippen molar-refractivity contribution < 1.29 is 14.2 Å². The number of H-pyrrole nitrogens is 1. The fourth-order valence-corrected chi connectivity index (χ4v) is 2.90. The standard InChI is InChI=1S/C16H17FN2O4/c1-10-8-19(15(22)18-14(10)21)13-6-7-16(9-20,23-13)11-2-4-12(17)5-3-11/h2-5,8,13,20H,6-7,9H2,1H3,(H,18,21,22)/t13-,16-/m0/s1. The van der Waals surface area contributed by atoms with Crippen molar-refractivity contribution in [3.63, 3.8) is 0 Å². The van der Waals surface area contributed by atoms with Crippen LogP contribution in [0.25, 0.3) is 0 Å². The second-order valence-corrected chi connectivity index (χ2v) is 5.75. The molecule has 0 spiro atoms. The molecule has 1 aromatic heterocycles. The Hall–Kier alpha value is -2.25. The minimum atomic E-state index is -0.984. The van der Waals surface area contributed by atoms with E-state index in [4.69, 9.17) is 4.74 Å². The van der Waals surface area contributed by atoms with Gasteiger partial charge in [-0.25, -0.2) is 9.18 Å². The summed E-state index contributed by atoms with van der Waals surface area (Å²) in [6, 6.07) is 5.74. The smallest absolute Gasteiger partial charge is 0.330 e. The van der Waals surface area contributed by atoms with Crippen molar-refractivity contribution in [2.45, 2.75) is 31.6 Å². The van der Waals surface area contributed by atoms with Crippen LogP contribution < -0.4 is 11.2 Å². The Balaban J connectivity index is 1.95. The molecule has 6 nitrogen and oxygen atoms in total. The topological polar surface area (TPSA) is 84.3 Å². The first kappa shape index (κ1) is 15.6. The Kier molecular flexibility index (Phi) is 3.91. The zero-order chi connectivity index (χ0) is 16.6. The molecule has 23 heavy (non-hydrogen) atoms. The summed E-state index contributed by atoms with van der Waals surface area (Å²) in [5.41, 5.74) is -0.925. The van der Waals surface area contributed by atoms with E-state index in [1.165, 1.54) is 22.9 Å².